The molecule has 0 bridgehead atoms. The predicted molar refractivity (Wildman–Crippen MR) is 88.2 cm³/mol. The summed E-state index contributed by atoms with van der Waals surface area (Å²) in [4.78, 5) is 12.4. The molecule has 3 aromatic rings. The molecule has 3 rings (SSSR count). The number of hydrogen-bond acceptors (Lipinski definition) is 4. The van der Waals surface area contributed by atoms with E-state index in [4.69, 9.17) is 9.47 Å². The van der Waals surface area contributed by atoms with Gasteiger partial charge in [0.2, 0.25) is 0 Å². The van der Waals surface area contributed by atoms with Gasteiger partial charge >= 0.3 is 0 Å². The van der Waals surface area contributed by atoms with Crippen LogP contribution < -0.4 is 14.8 Å². The maximum atomic E-state index is 12.4. The van der Waals surface area contributed by atoms with E-state index >= 15 is 0 Å². The summed E-state index contributed by atoms with van der Waals surface area (Å²) < 4.78 is 10.7. The van der Waals surface area contributed by atoms with Gasteiger partial charge < -0.3 is 14.8 Å². The van der Waals surface area contributed by atoms with Crippen LogP contribution in [0.1, 0.15) is 17.3 Å². The first-order chi connectivity index (χ1) is 11.2. The molecule has 0 aliphatic rings. The molecule has 118 valence electrons. The number of ether oxygens (including phenoxy) is 2. The molecule has 0 aliphatic heterocycles. The van der Waals surface area contributed by atoms with Crippen molar-refractivity contribution in [2.75, 3.05) is 19.0 Å². The van der Waals surface area contributed by atoms with E-state index in [1.165, 1.54) is 0 Å². The molecule has 6 nitrogen and oxygen atoms in total. The van der Waals surface area contributed by atoms with E-state index in [0.29, 0.717) is 29.4 Å². The smallest absolute Gasteiger partial charge is 0.255 e. The number of fused-ring (bicyclic) bond motifs is 1. The Morgan fingerprint density at radius 3 is 2.87 bits per heavy atom. The fourth-order valence-electron chi connectivity index (χ4n) is 2.31. The van der Waals surface area contributed by atoms with Gasteiger partial charge in [0.1, 0.15) is 0 Å². The van der Waals surface area contributed by atoms with Gasteiger partial charge in [0, 0.05) is 16.6 Å². The Kier molecular flexibility index (Phi) is 4.14. The van der Waals surface area contributed by atoms with E-state index in [0.717, 1.165) is 10.9 Å². The molecule has 0 saturated carbocycles. The summed E-state index contributed by atoms with van der Waals surface area (Å²) in [6.07, 6.45) is 1.71. The Balaban J connectivity index is 1.82. The molecule has 23 heavy (non-hydrogen) atoms. The number of rotatable bonds is 5. The van der Waals surface area contributed by atoms with Crippen LogP contribution in [0.2, 0.25) is 0 Å². The molecule has 2 aromatic carbocycles. The number of carbonyl (C=O) groups is 1. The monoisotopic (exact) mass is 311 g/mol. The van der Waals surface area contributed by atoms with Crippen LogP contribution in [0.4, 0.5) is 5.69 Å². The van der Waals surface area contributed by atoms with Crippen molar-refractivity contribution in [3.8, 4) is 11.5 Å². The van der Waals surface area contributed by atoms with Crippen molar-refractivity contribution in [2.45, 2.75) is 6.92 Å². The highest BCUT2D eigenvalue weighted by Crippen LogP contribution is 2.28. The van der Waals surface area contributed by atoms with Crippen LogP contribution in [-0.4, -0.2) is 29.8 Å². The molecular weight excluding hydrogens is 294 g/mol. The minimum absolute atomic E-state index is 0.214. The number of benzene rings is 2. The number of H-pyrrole nitrogens is 1. The summed E-state index contributed by atoms with van der Waals surface area (Å²) >= 11 is 0. The van der Waals surface area contributed by atoms with Crippen LogP contribution in [0.5, 0.6) is 11.5 Å². The van der Waals surface area contributed by atoms with Gasteiger partial charge in [0.15, 0.2) is 11.5 Å². The second kappa shape index (κ2) is 6.39. The van der Waals surface area contributed by atoms with Crippen LogP contribution in [0.15, 0.2) is 42.6 Å². The maximum absolute atomic E-state index is 12.4. The van der Waals surface area contributed by atoms with Crippen LogP contribution >= 0.6 is 0 Å². The molecule has 0 radical (unpaired) electrons. The topological polar surface area (TPSA) is 76.2 Å². The molecular formula is C17H17N3O3. The summed E-state index contributed by atoms with van der Waals surface area (Å²) in [5.74, 6) is 0.936. The standard InChI is InChI=1S/C17H17N3O3/c1-3-23-15-7-4-11(9-16(15)22-2)17(21)19-13-5-6-14-12(8-13)10-18-20-14/h4-10H,3H2,1-2H3,(H,18,20)(H,19,21). The lowest BCUT2D eigenvalue weighted by Crippen LogP contribution is -2.12. The quantitative estimate of drug-likeness (QED) is 0.758. The number of aromatic amines is 1. The molecule has 0 aliphatic carbocycles. The summed E-state index contributed by atoms with van der Waals surface area (Å²) in [6, 6.07) is 10.7. The van der Waals surface area contributed by atoms with Crippen molar-refractivity contribution in [2.24, 2.45) is 0 Å². The molecule has 2 N–H and O–H groups in total. The van der Waals surface area contributed by atoms with Crippen LogP contribution in [0.3, 0.4) is 0 Å². The Hall–Kier alpha value is -3.02. The number of methoxy groups -OCH3 is 1. The van der Waals surface area contributed by atoms with E-state index in [2.05, 4.69) is 15.5 Å². The number of aromatic nitrogens is 2. The molecule has 1 amide bonds. The first-order valence-corrected chi connectivity index (χ1v) is 7.26. The van der Waals surface area contributed by atoms with Crippen molar-refractivity contribution in [1.29, 1.82) is 0 Å². The third kappa shape index (κ3) is 3.11. The fraction of sp³-hybridized carbons (Fsp3) is 0.176. The molecule has 0 fully saturated rings. The predicted octanol–water partition coefficient (Wildman–Crippen LogP) is 3.22. The lowest BCUT2D eigenvalue weighted by Gasteiger charge is -2.11. The first kappa shape index (κ1) is 14.9. The average Bonchev–Trinajstić information content (AvgIpc) is 3.03. The van der Waals surface area contributed by atoms with Gasteiger partial charge in [-0.2, -0.15) is 5.10 Å². The largest absolute Gasteiger partial charge is 0.493 e. The molecule has 1 heterocycles. The van der Waals surface area contributed by atoms with Gasteiger partial charge in [-0.05, 0) is 43.3 Å². The summed E-state index contributed by atoms with van der Waals surface area (Å²) in [7, 11) is 1.55. The maximum Gasteiger partial charge on any atom is 0.255 e. The Labute approximate surface area is 133 Å². The molecule has 0 spiro atoms. The number of nitrogens with zero attached hydrogens (tertiary/aromatic N) is 1. The van der Waals surface area contributed by atoms with Crippen molar-refractivity contribution in [1.82, 2.24) is 10.2 Å². The van der Waals surface area contributed by atoms with Crippen LogP contribution in [0, 0.1) is 0 Å². The lowest BCUT2D eigenvalue weighted by molar-refractivity contribution is 0.102. The summed E-state index contributed by atoms with van der Waals surface area (Å²) in [6.45, 7) is 2.43. The van der Waals surface area contributed by atoms with E-state index in [-0.39, 0.29) is 5.91 Å². The second-order valence-corrected chi connectivity index (χ2v) is 4.92. The zero-order valence-corrected chi connectivity index (χ0v) is 12.9. The highest BCUT2D eigenvalue weighted by atomic mass is 16.5. The highest BCUT2D eigenvalue weighted by Gasteiger charge is 2.11. The van der Waals surface area contributed by atoms with E-state index in [1.807, 2.05) is 25.1 Å². The number of nitrogens with one attached hydrogen (secondary N) is 2. The Morgan fingerprint density at radius 1 is 1.22 bits per heavy atom. The van der Waals surface area contributed by atoms with Crippen molar-refractivity contribution in [3.05, 3.63) is 48.2 Å². The zero-order chi connectivity index (χ0) is 16.2. The Morgan fingerprint density at radius 2 is 2.09 bits per heavy atom. The van der Waals surface area contributed by atoms with E-state index in [9.17, 15) is 4.79 Å². The van der Waals surface area contributed by atoms with Gasteiger partial charge in [0.25, 0.3) is 5.91 Å². The first-order valence-electron chi connectivity index (χ1n) is 7.26. The molecule has 0 saturated heterocycles. The molecule has 0 atom stereocenters. The molecule has 6 heteroatoms. The average molecular weight is 311 g/mol. The fourth-order valence-corrected chi connectivity index (χ4v) is 2.31. The number of anilines is 1. The summed E-state index contributed by atoms with van der Waals surface area (Å²) in [5.41, 5.74) is 2.13. The van der Waals surface area contributed by atoms with Crippen LogP contribution in [-0.2, 0) is 0 Å². The molecule has 0 unspecified atom stereocenters. The number of carbonyl (C=O) groups excluding carboxylic acids is 1. The second-order valence-electron chi connectivity index (χ2n) is 4.92. The van der Waals surface area contributed by atoms with Crippen LogP contribution in [0.25, 0.3) is 10.9 Å². The third-order valence-electron chi connectivity index (χ3n) is 3.42. The van der Waals surface area contributed by atoms with E-state index in [1.54, 1.807) is 31.5 Å². The SMILES string of the molecule is CCOc1ccc(C(=O)Nc2ccc3[nH]ncc3c2)cc1OC. The molecule has 1 aromatic heterocycles. The van der Waals surface area contributed by atoms with Gasteiger partial charge in [-0.25, -0.2) is 0 Å². The van der Waals surface area contributed by atoms with Crippen molar-refractivity contribution in [3.63, 3.8) is 0 Å². The Bertz CT molecular complexity index is 842. The lowest BCUT2D eigenvalue weighted by atomic mass is 10.1. The van der Waals surface area contributed by atoms with Gasteiger partial charge in [-0.15, -0.1) is 0 Å². The van der Waals surface area contributed by atoms with Crippen molar-refractivity contribution < 1.29 is 14.3 Å². The van der Waals surface area contributed by atoms with Gasteiger partial charge in [0.05, 0.1) is 25.4 Å². The minimum atomic E-state index is -0.214. The minimum Gasteiger partial charge on any atom is -0.493 e. The van der Waals surface area contributed by atoms with Crippen molar-refractivity contribution >= 4 is 22.5 Å². The third-order valence-corrected chi connectivity index (χ3v) is 3.42. The number of amides is 1. The van der Waals surface area contributed by atoms with E-state index < -0.39 is 0 Å². The zero-order valence-electron chi connectivity index (χ0n) is 12.9. The summed E-state index contributed by atoms with van der Waals surface area (Å²) in [5, 5.41) is 10.6. The van der Waals surface area contributed by atoms with Gasteiger partial charge in [-0.1, -0.05) is 0 Å². The van der Waals surface area contributed by atoms with Gasteiger partial charge in [-0.3, -0.25) is 9.89 Å². The highest BCUT2D eigenvalue weighted by molar-refractivity contribution is 6.05. The normalized spacial score (nSPS) is 10.5. The number of hydrogen-bond donors (Lipinski definition) is 2.